The number of hydrogen-bond acceptors (Lipinski definition) is 2. The van der Waals surface area contributed by atoms with Gasteiger partial charge in [0, 0.05) is 0 Å². The van der Waals surface area contributed by atoms with Crippen molar-refractivity contribution in [1.82, 2.24) is 0 Å². The van der Waals surface area contributed by atoms with E-state index < -0.39 is 22.8 Å². The van der Waals surface area contributed by atoms with Gasteiger partial charge < -0.3 is 10.2 Å². The van der Waals surface area contributed by atoms with Crippen LogP contribution in [0.2, 0.25) is 0 Å². The first-order valence-electron chi connectivity index (χ1n) is 3.31. The van der Waals surface area contributed by atoms with Gasteiger partial charge in [-0.15, -0.1) is 0 Å². The Bertz CT molecular complexity index is 216. The van der Waals surface area contributed by atoms with Crippen molar-refractivity contribution in [3.8, 4) is 0 Å². The summed E-state index contributed by atoms with van der Waals surface area (Å²) in [5, 5.41) is 17.3. The third kappa shape index (κ3) is 1.28. The molecule has 2 unspecified atom stereocenters. The molecule has 0 aromatic rings. The van der Waals surface area contributed by atoms with Crippen molar-refractivity contribution in [2.24, 2.45) is 10.8 Å². The molecular formula is C7H11NaO4. The molecule has 0 aliphatic heterocycles. The van der Waals surface area contributed by atoms with Crippen LogP contribution in [0.3, 0.4) is 0 Å². The van der Waals surface area contributed by atoms with E-state index in [9.17, 15) is 9.59 Å². The fourth-order valence-electron chi connectivity index (χ4n) is 1.29. The topological polar surface area (TPSA) is 74.6 Å². The first-order chi connectivity index (χ1) is 4.84. The van der Waals surface area contributed by atoms with Crippen LogP contribution in [-0.4, -0.2) is 51.7 Å². The maximum atomic E-state index is 10.5. The quantitative estimate of drug-likeness (QED) is 0.586. The first-order valence-corrected chi connectivity index (χ1v) is 3.31. The van der Waals surface area contributed by atoms with Crippen LogP contribution in [0.5, 0.6) is 0 Å². The fourth-order valence-corrected chi connectivity index (χ4v) is 1.29. The average molecular weight is 182 g/mol. The van der Waals surface area contributed by atoms with E-state index in [0.717, 1.165) is 0 Å². The van der Waals surface area contributed by atoms with Gasteiger partial charge in [-0.2, -0.15) is 0 Å². The third-order valence-electron chi connectivity index (χ3n) is 2.74. The van der Waals surface area contributed by atoms with Crippen LogP contribution < -0.4 is 0 Å². The summed E-state index contributed by atoms with van der Waals surface area (Å²) >= 11 is 0. The summed E-state index contributed by atoms with van der Waals surface area (Å²) in [6.07, 6.45) is 0.227. The van der Waals surface area contributed by atoms with E-state index in [1.165, 1.54) is 13.8 Å². The molecule has 0 saturated heterocycles. The van der Waals surface area contributed by atoms with Crippen molar-refractivity contribution in [3.63, 3.8) is 0 Å². The summed E-state index contributed by atoms with van der Waals surface area (Å²) in [6.45, 7) is 2.92. The Kier molecular flexibility index (Phi) is 3.00. The van der Waals surface area contributed by atoms with Crippen LogP contribution in [0.15, 0.2) is 0 Å². The Morgan fingerprint density at radius 3 is 1.42 bits per heavy atom. The van der Waals surface area contributed by atoms with Gasteiger partial charge in [-0.25, -0.2) is 0 Å². The molecule has 1 aliphatic rings. The van der Waals surface area contributed by atoms with Crippen LogP contribution in [0.4, 0.5) is 0 Å². The molecule has 2 atom stereocenters. The summed E-state index contributed by atoms with van der Waals surface area (Å²) in [4.78, 5) is 21.1. The molecule has 2 N–H and O–H groups in total. The van der Waals surface area contributed by atoms with E-state index in [4.69, 9.17) is 10.2 Å². The predicted octanol–water partition coefficient (Wildman–Crippen LogP) is -0.0766. The summed E-state index contributed by atoms with van der Waals surface area (Å²) in [5.41, 5.74) is -2.11. The third-order valence-corrected chi connectivity index (χ3v) is 2.74. The van der Waals surface area contributed by atoms with Gasteiger partial charge in [0.1, 0.15) is 0 Å². The second-order valence-electron chi connectivity index (χ2n) is 3.45. The van der Waals surface area contributed by atoms with Gasteiger partial charge in [0.05, 0.1) is 10.8 Å². The number of carboxylic acid groups (broad SMARTS) is 2. The average Bonchev–Trinajstić information content (AvgIpc) is 2.39. The molecule has 4 nitrogen and oxygen atoms in total. The molecule has 0 aromatic carbocycles. The van der Waals surface area contributed by atoms with Crippen LogP contribution in [0, 0.1) is 10.8 Å². The summed E-state index contributed by atoms with van der Waals surface area (Å²) in [5.74, 6) is -2.05. The molecule has 1 aliphatic carbocycles. The fraction of sp³-hybridized carbons (Fsp3) is 0.714. The molecule has 64 valence electrons. The number of carboxylic acids is 2. The summed E-state index contributed by atoms with van der Waals surface area (Å²) in [7, 11) is 0. The molecule has 1 rings (SSSR count). The van der Waals surface area contributed by atoms with E-state index in [-0.39, 0.29) is 36.0 Å². The van der Waals surface area contributed by atoms with Crippen LogP contribution in [0.25, 0.3) is 0 Å². The Morgan fingerprint density at radius 1 is 1.08 bits per heavy atom. The van der Waals surface area contributed by atoms with Gasteiger partial charge in [-0.3, -0.25) is 9.59 Å². The monoisotopic (exact) mass is 182 g/mol. The number of carbonyl (C=O) groups is 2. The Morgan fingerprint density at radius 2 is 1.33 bits per heavy atom. The zero-order valence-electron chi connectivity index (χ0n) is 6.42. The molecule has 0 spiro atoms. The minimum absolute atomic E-state index is 0. The molecule has 1 fully saturated rings. The minimum atomic E-state index is -1.06. The zero-order valence-corrected chi connectivity index (χ0v) is 6.42. The van der Waals surface area contributed by atoms with Gasteiger partial charge in [-0.05, 0) is 20.3 Å². The second-order valence-corrected chi connectivity index (χ2v) is 3.45. The molecule has 5 heteroatoms. The van der Waals surface area contributed by atoms with E-state index >= 15 is 0 Å². The van der Waals surface area contributed by atoms with Crippen molar-refractivity contribution in [1.29, 1.82) is 0 Å². The van der Waals surface area contributed by atoms with Crippen molar-refractivity contribution in [3.05, 3.63) is 0 Å². The van der Waals surface area contributed by atoms with Gasteiger partial charge in [0.2, 0.25) is 0 Å². The number of aliphatic carboxylic acids is 2. The molecule has 0 aromatic heterocycles. The van der Waals surface area contributed by atoms with E-state index in [2.05, 4.69) is 0 Å². The molecular weight excluding hydrogens is 171 g/mol. The molecule has 0 bridgehead atoms. The van der Waals surface area contributed by atoms with E-state index in [1.807, 2.05) is 0 Å². The maximum absolute atomic E-state index is 10.5. The van der Waals surface area contributed by atoms with Gasteiger partial charge in [0.25, 0.3) is 0 Å². The summed E-state index contributed by atoms with van der Waals surface area (Å²) in [6, 6.07) is 0. The van der Waals surface area contributed by atoms with Crippen molar-refractivity contribution >= 4 is 41.5 Å². The van der Waals surface area contributed by atoms with E-state index in [0.29, 0.717) is 0 Å². The second kappa shape index (κ2) is 3.01. The Balaban J connectivity index is 0.00000121. The Hall–Kier alpha value is -0.0600. The van der Waals surface area contributed by atoms with Crippen molar-refractivity contribution in [2.75, 3.05) is 0 Å². The normalized spacial score (nSPS) is 38.2. The van der Waals surface area contributed by atoms with Crippen LogP contribution >= 0.6 is 0 Å². The van der Waals surface area contributed by atoms with Crippen LogP contribution in [0.1, 0.15) is 20.3 Å². The number of rotatable bonds is 2. The predicted molar refractivity (Wildman–Crippen MR) is 43.3 cm³/mol. The molecule has 1 saturated carbocycles. The van der Waals surface area contributed by atoms with Crippen molar-refractivity contribution in [2.45, 2.75) is 20.3 Å². The zero-order chi connectivity index (χ0) is 8.86. The number of hydrogen-bond donors (Lipinski definition) is 2. The standard InChI is InChI=1S/C7H10O4.Na.H/c1-6(4(8)9)3-7(6,2)5(10)11;;/h3H2,1-2H3,(H,8,9)(H,10,11);;. The Labute approximate surface area is 92.2 Å². The molecule has 12 heavy (non-hydrogen) atoms. The van der Waals surface area contributed by atoms with Gasteiger partial charge >= 0.3 is 41.5 Å². The van der Waals surface area contributed by atoms with E-state index in [1.54, 1.807) is 0 Å². The SMILES string of the molecule is CC1(C(=O)O)CC1(C)C(=O)O.[NaH]. The van der Waals surface area contributed by atoms with Crippen molar-refractivity contribution < 1.29 is 19.8 Å². The van der Waals surface area contributed by atoms with Crippen LogP contribution in [-0.2, 0) is 9.59 Å². The van der Waals surface area contributed by atoms with Gasteiger partial charge in [0.15, 0.2) is 0 Å². The summed E-state index contributed by atoms with van der Waals surface area (Å²) < 4.78 is 0. The van der Waals surface area contributed by atoms with Gasteiger partial charge in [-0.1, -0.05) is 0 Å². The first kappa shape index (κ1) is 11.9. The molecule has 0 amide bonds. The molecule has 0 heterocycles. The molecule has 0 radical (unpaired) electrons.